The lowest BCUT2D eigenvalue weighted by molar-refractivity contribution is -0.135. The Morgan fingerprint density at radius 1 is 1.38 bits per heavy atom. The number of ether oxygens (including phenoxy) is 1. The molecular weight excluding hydrogens is 200 g/mol. The van der Waals surface area contributed by atoms with E-state index in [4.69, 9.17) is 4.74 Å². The third kappa shape index (κ3) is 3.73. The topological polar surface area (TPSA) is 26.3 Å². The van der Waals surface area contributed by atoms with Crippen LogP contribution in [0.1, 0.15) is 25.8 Å². The van der Waals surface area contributed by atoms with Gasteiger partial charge in [0.1, 0.15) is 5.76 Å². The van der Waals surface area contributed by atoms with Crippen molar-refractivity contribution in [2.75, 3.05) is 0 Å². The molecule has 1 aromatic rings. The minimum atomic E-state index is -0.371. The van der Waals surface area contributed by atoms with Gasteiger partial charge in [-0.3, -0.25) is 0 Å². The molecule has 16 heavy (non-hydrogen) atoms. The lowest BCUT2D eigenvalue weighted by atomic mass is 10.2. The van der Waals surface area contributed by atoms with Crippen molar-refractivity contribution in [1.29, 1.82) is 0 Å². The molecule has 84 valence electrons. The van der Waals surface area contributed by atoms with Crippen LogP contribution in [0.5, 0.6) is 0 Å². The van der Waals surface area contributed by atoms with E-state index in [0.717, 1.165) is 5.56 Å². The highest BCUT2D eigenvalue weighted by Crippen LogP contribution is 2.12. The number of carbonyl (C=O) groups excluding carboxylic acids is 1. The molecule has 0 bridgehead atoms. The third-order valence-electron chi connectivity index (χ3n) is 2.05. The first-order valence-electron chi connectivity index (χ1n) is 5.26. The lowest BCUT2D eigenvalue weighted by Gasteiger charge is -2.06. The van der Waals surface area contributed by atoms with E-state index in [1.54, 1.807) is 6.92 Å². The van der Waals surface area contributed by atoms with E-state index >= 15 is 0 Å². The summed E-state index contributed by atoms with van der Waals surface area (Å²) in [6.07, 6.45) is 2.54. The van der Waals surface area contributed by atoms with Crippen molar-refractivity contribution in [3.05, 3.63) is 53.8 Å². The van der Waals surface area contributed by atoms with Crippen molar-refractivity contribution in [2.45, 2.75) is 20.3 Å². The molecule has 0 saturated heterocycles. The zero-order valence-corrected chi connectivity index (χ0v) is 9.69. The van der Waals surface area contributed by atoms with Crippen LogP contribution in [0.3, 0.4) is 0 Å². The second-order valence-electron chi connectivity index (χ2n) is 3.54. The fourth-order valence-corrected chi connectivity index (χ4v) is 1.15. The molecule has 0 aliphatic rings. The van der Waals surface area contributed by atoms with Gasteiger partial charge in [-0.1, -0.05) is 43.8 Å². The number of hydrogen-bond acceptors (Lipinski definition) is 2. The van der Waals surface area contributed by atoms with Crippen molar-refractivity contribution in [1.82, 2.24) is 0 Å². The molecule has 0 N–H and O–H groups in total. The smallest absolute Gasteiger partial charge is 0.338 e. The maximum absolute atomic E-state index is 11.3. The van der Waals surface area contributed by atoms with Gasteiger partial charge in [-0.2, -0.15) is 0 Å². The van der Waals surface area contributed by atoms with Crippen LogP contribution in [0.2, 0.25) is 0 Å². The first-order chi connectivity index (χ1) is 7.63. The number of rotatable bonds is 4. The Morgan fingerprint density at radius 3 is 2.50 bits per heavy atom. The van der Waals surface area contributed by atoms with Crippen LogP contribution in [0.4, 0.5) is 0 Å². The summed E-state index contributed by atoms with van der Waals surface area (Å²) in [5.41, 5.74) is 1.43. The Bertz CT molecular complexity index is 402. The highest BCUT2D eigenvalue weighted by molar-refractivity contribution is 5.88. The van der Waals surface area contributed by atoms with E-state index in [2.05, 4.69) is 6.58 Å². The van der Waals surface area contributed by atoms with Gasteiger partial charge in [0.05, 0.1) is 0 Å². The van der Waals surface area contributed by atoms with Crippen LogP contribution in [0.15, 0.2) is 48.2 Å². The SMILES string of the molecule is C=C(C)C(=O)OC(=Cc1ccccc1)CC. The van der Waals surface area contributed by atoms with Gasteiger partial charge in [0.15, 0.2) is 0 Å². The Labute approximate surface area is 96.2 Å². The van der Waals surface area contributed by atoms with Gasteiger partial charge in [-0.25, -0.2) is 4.79 Å². The quantitative estimate of drug-likeness (QED) is 0.437. The van der Waals surface area contributed by atoms with Crippen LogP contribution in [-0.4, -0.2) is 5.97 Å². The Kier molecular flexibility index (Phi) is 4.52. The van der Waals surface area contributed by atoms with Gasteiger partial charge in [0.2, 0.25) is 0 Å². The maximum Gasteiger partial charge on any atom is 0.338 e. The summed E-state index contributed by atoms with van der Waals surface area (Å²) in [4.78, 5) is 11.3. The fraction of sp³-hybridized carbons (Fsp3) is 0.214. The molecule has 0 unspecified atom stereocenters. The van der Waals surface area contributed by atoms with Crippen molar-refractivity contribution in [3.8, 4) is 0 Å². The number of hydrogen-bond donors (Lipinski definition) is 0. The van der Waals surface area contributed by atoms with E-state index in [9.17, 15) is 4.79 Å². The predicted molar refractivity (Wildman–Crippen MR) is 65.6 cm³/mol. The fourth-order valence-electron chi connectivity index (χ4n) is 1.15. The summed E-state index contributed by atoms with van der Waals surface area (Å²) in [6, 6.07) is 9.76. The molecule has 2 nitrogen and oxygen atoms in total. The average Bonchev–Trinajstić information content (AvgIpc) is 2.29. The van der Waals surface area contributed by atoms with E-state index in [-0.39, 0.29) is 5.97 Å². The van der Waals surface area contributed by atoms with Gasteiger partial charge < -0.3 is 4.74 Å². The van der Waals surface area contributed by atoms with E-state index in [0.29, 0.717) is 17.8 Å². The number of carbonyl (C=O) groups is 1. The monoisotopic (exact) mass is 216 g/mol. The van der Waals surface area contributed by atoms with Gasteiger partial charge in [-0.15, -0.1) is 0 Å². The summed E-state index contributed by atoms with van der Waals surface area (Å²) < 4.78 is 5.19. The second kappa shape index (κ2) is 5.91. The zero-order valence-electron chi connectivity index (χ0n) is 9.69. The molecule has 0 heterocycles. The Hall–Kier alpha value is -1.83. The van der Waals surface area contributed by atoms with Gasteiger partial charge in [-0.05, 0) is 18.6 Å². The van der Waals surface area contributed by atoms with Crippen LogP contribution in [-0.2, 0) is 9.53 Å². The van der Waals surface area contributed by atoms with E-state index < -0.39 is 0 Å². The summed E-state index contributed by atoms with van der Waals surface area (Å²) in [6.45, 7) is 7.13. The van der Waals surface area contributed by atoms with Crippen LogP contribution >= 0.6 is 0 Å². The van der Waals surface area contributed by atoms with Crippen molar-refractivity contribution in [2.24, 2.45) is 0 Å². The number of benzene rings is 1. The Morgan fingerprint density at radius 2 is 2.00 bits per heavy atom. The lowest BCUT2D eigenvalue weighted by Crippen LogP contribution is -2.04. The minimum absolute atomic E-state index is 0.371. The zero-order chi connectivity index (χ0) is 12.0. The molecule has 0 aliphatic heterocycles. The molecule has 0 fully saturated rings. The first kappa shape index (κ1) is 12.2. The molecule has 1 rings (SSSR count). The van der Waals surface area contributed by atoms with Crippen molar-refractivity contribution in [3.63, 3.8) is 0 Å². The molecule has 0 spiro atoms. The van der Waals surface area contributed by atoms with Crippen molar-refractivity contribution >= 4 is 12.0 Å². The van der Waals surface area contributed by atoms with Crippen LogP contribution < -0.4 is 0 Å². The molecular formula is C14H16O2. The highest BCUT2D eigenvalue weighted by atomic mass is 16.5. The third-order valence-corrected chi connectivity index (χ3v) is 2.05. The highest BCUT2D eigenvalue weighted by Gasteiger charge is 2.06. The van der Waals surface area contributed by atoms with Gasteiger partial charge in [0.25, 0.3) is 0 Å². The van der Waals surface area contributed by atoms with Gasteiger partial charge in [0, 0.05) is 12.0 Å². The molecule has 0 amide bonds. The molecule has 2 heteroatoms. The van der Waals surface area contributed by atoms with Crippen LogP contribution in [0.25, 0.3) is 6.08 Å². The minimum Gasteiger partial charge on any atom is -0.428 e. The maximum atomic E-state index is 11.3. The predicted octanol–water partition coefficient (Wildman–Crippen LogP) is 3.56. The average molecular weight is 216 g/mol. The molecule has 0 atom stereocenters. The van der Waals surface area contributed by atoms with E-state index in [1.165, 1.54) is 0 Å². The largest absolute Gasteiger partial charge is 0.428 e. The summed E-state index contributed by atoms with van der Waals surface area (Å²) in [7, 11) is 0. The first-order valence-corrected chi connectivity index (χ1v) is 5.26. The Balaban J connectivity index is 2.79. The summed E-state index contributed by atoms with van der Waals surface area (Å²) in [5.74, 6) is 0.281. The summed E-state index contributed by atoms with van der Waals surface area (Å²) in [5, 5.41) is 0. The number of esters is 1. The van der Waals surface area contributed by atoms with Gasteiger partial charge >= 0.3 is 5.97 Å². The normalized spacial score (nSPS) is 11.0. The molecule has 0 saturated carbocycles. The second-order valence-corrected chi connectivity index (χ2v) is 3.54. The summed E-state index contributed by atoms with van der Waals surface area (Å²) >= 11 is 0. The number of allylic oxidation sites excluding steroid dienone is 1. The molecule has 0 aromatic heterocycles. The van der Waals surface area contributed by atoms with Crippen molar-refractivity contribution < 1.29 is 9.53 Å². The molecule has 1 aromatic carbocycles. The van der Waals surface area contributed by atoms with E-state index in [1.807, 2.05) is 43.3 Å². The standard InChI is InChI=1S/C14H16O2/c1-4-13(16-14(15)11(2)3)10-12-8-6-5-7-9-12/h5-10H,2,4H2,1,3H3. The molecule has 0 radical (unpaired) electrons. The molecule has 0 aliphatic carbocycles. The van der Waals surface area contributed by atoms with Crippen LogP contribution in [0, 0.1) is 0 Å².